The number of methoxy groups -OCH3 is 1. The average molecular weight is 404 g/mol. The van der Waals surface area contributed by atoms with Crippen molar-refractivity contribution >= 4 is 17.7 Å². The summed E-state index contributed by atoms with van der Waals surface area (Å²) in [6, 6.07) is 11.6. The molecular weight excluding hydrogens is 378 g/mol. The molecule has 1 aliphatic rings. The Morgan fingerprint density at radius 2 is 2.04 bits per heavy atom. The lowest BCUT2D eigenvalue weighted by Gasteiger charge is -2.27. The van der Waals surface area contributed by atoms with Gasteiger partial charge in [-0.15, -0.1) is 0 Å². The van der Waals surface area contributed by atoms with Crippen molar-refractivity contribution in [1.29, 1.82) is 0 Å². The second kappa shape index (κ2) is 8.31. The van der Waals surface area contributed by atoms with Crippen LogP contribution < -0.4 is 14.8 Å². The Bertz CT molecular complexity index is 860. The monoisotopic (exact) mass is 403 g/mol. The Balaban J connectivity index is 1.78. The van der Waals surface area contributed by atoms with Gasteiger partial charge in [-0.2, -0.15) is 0 Å². The maximum absolute atomic E-state index is 12.0. The second-order valence-electron chi connectivity index (χ2n) is 7.82. The van der Waals surface area contributed by atoms with Crippen molar-refractivity contribution in [1.82, 2.24) is 5.32 Å². The first-order valence-electron chi connectivity index (χ1n) is 9.34. The molecule has 5 nitrogen and oxygen atoms in total. The van der Waals surface area contributed by atoms with Crippen LogP contribution in [0.3, 0.4) is 0 Å². The number of hydrogen-bond donors (Lipinski definition) is 1. The van der Waals surface area contributed by atoms with Gasteiger partial charge in [0.15, 0.2) is 0 Å². The van der Waals surface area contributed by atoms with Crippen molar-refractivity contribution in [3.63, 3.8) is 0 Å². The molecule has 0 fully saturated rings. The topological polar surface area (TPSA) is 56.8 Å². The van der Waals surface area contributed by atoms with Gasteiger partial charge in [-0.1, -0.05) is 23.7 Å². The summed E-state index contributed by atoms with van der Waals surface area (Å²) in [6.45, 7) is 6.65. The lowest BCUT2D eigenvalue weighted by Crippen LogP contribution is -2.35. The number of fused-ring (bicyclic) bond motifs is 1. The highest BCUT2D eigenvalue weighted by atomic mass is 35.5. The number of carbonyl (C=O) groups is 1. The molecule has 0 radical (unpaired) electrons. The van der Waals surface area contributed by atoms with Crippen LogP contribution in [-0.2, 0) is 4.74 Å². The Morgan fingerprint density at radius 1 is 1.25 bits per heavy atom. The summed E-state index contributed by atoms with van der Waals surface area (Å²) in [4.78, 5) is 12.0. The number of rotatable bonds is 4. The molecule has 0 saturated carbocycles. The fraction of sp³-hybridized carbons (Fsp3) is 0.409. The van der Waals surface area contributed by atoms with Gasteiger partial charge in [-0.3, -0.25) is 0 Å². The lowest BCUT2D eigenvalue weighted by molar-refractivity contribution is 0.0521. The van der Waals surface area contributed by atoms with E-state index in [1.807, 2.05) is 57.2 Å². The number of hydrogen-bond acceptors (Lipinski definition) is 4. The van der Waals surface area contributed by atoms with E-state index in [-0.39, 0.29) is 5.92 Å². The molecule has 0 saturated heterocycles. The third-order valence-electron chi connectivity index (χ3n) is 4.55. The largest absolute Gasteiger partial charge is 0.497 e. The minimum Gasteiger partial charge on any atom is -0.497 e. The Hall–Kier alpha value is -2.40. The smallest absolute Gasteiger partial charge is 0.407 e. The molecule has 1 heterocycles. The fourth-order valence-corrected chi connectivity index (χ4v) is 3.44. The van der Waals surface area contributed by atoms with Gasteiger partial charge >= 0.3 is 6.09 Å². The molecule has 6 heteroatoms. The molecule has 1 aliphatic heterocycles. The molecule has 2 aromatic carbocycles. The molecule has 0 aromatic heterocycles. The van der Waals surface area contributed by atoms with Crippen LogP contribution in [0.5, 0.6) is 11.5 Å². The van der Waals surface area contributed by atoms with Gasteiger partial charge in [-0.05, 0) is 62.6 Å². The van der Waals surface area contributed by atoms with Crippen molar-refractivity contribution in [3.05, 3.63) is 47.0 Å². The summed E-state index contributed by atoms with van der Waals surface area (Å²) >= 11 is 6.38. The Kier molecular flexibility index (Phi) is 6.04. The molecule has 2 aromatic rings. The summed E-state index contributed by atoms with van der Waals surface area (Å²) in [5, 5.41) is 3.52. The van der Waals surface area contributed by atoms with Crippen LogP contribution in [0, 0.1) is 0 Å². The average Bonchev–Trinajstić information content (AvgIpc) is 2.65. The predicted octanol–water partition coefficient (Wildman–Crippen LogP) is 5.41. The zero-order chi connectivity index (χ0) is 20.3. The summed E-state index contributed by atoms with van der Waals surface area (Å²) < 4.78 is 16.5. The third-order valence-corrected chi connectivity index (χ3v) is 4.88. The van der Waals surface area contributed by atoms with E-state index >= 15 is 0 Å². The first kappa shape index (κ1) is 20.3. The highest BCUT2D eigenvalue weighted by molar-refractivity contribution is 6.33. The van der Waals surface area contributed by atoms with E-state index < -0.39 is 11.7 Å². The number of ether oxygens (including phenoxy) is 3. The van der Waals surface area contributed by atoms with Gasteiger partial charge in [0.1, 0.15) is 17.1 Å². The van der Waals surface area contributed by atoms with Gasteiger partial charge < -0.3 is 19.5 Å². The first-order valence-corrected chi connectivity index (χ1v) is 9.72. The molecule has 1 atom stereocenters. The van der Waals surface area contributed by atoms with E-state index in [4.69, 9.17) is 25.8 Å². The standard InChI is InChI=1S/C22H26ClNO4/c1-22(2,3)28-21(25)24-13-15-9-10-27-20-11-14(5-7-17(15)20)18-12-16(26-4)6-8-19(18)23/h5-8,11-12,15H,9-10,13H2,1-4H3,(H,24,25)/t15-/m0/s1. The third kappa shape index (κ3) is 4.90. The van der Waals surface area contributed by atoms with E-state index in [0.717, 1.165) is 34.6 Å². The summed E-state index contributed by atoms with van der Waals surface area (Å²) in [5.41, 5.74) is 2.41. The van der Waals surface area contributed by atoms with Gasteiger partial charge in [0.2, 0.25) is 0 Å². The number of alkyl carbamates (subject to hydrolysis) is 1. The molecule has 1 N–H and O–H groups in total. The van der Waals surface area contributed by atoms with E-state index in [9.17, 15) is 4.79 Å². The number of benzene rings is 2. The van der Waals surface area contributed by atoms with Crippen LogP contribution in [0.1, 0.15) is 38.7 Å². The van der Waals surface area contributed by atoms with Gasteiger partial charge in [-0.25, -0.2) is 4.79 Å². The Labute approximate surface area is 170 Å². The van der Waals surface area contributed by atoms with E-state index in [2.05, 4.69) is 5.32 Å². The van der Waals surface area contributed by atoms with E-state index in [1.54, 1.807) is 7.11 Å². The van der Waals surface area contributed by atoms with Gasteiger partial charge in [0.05, 0.1) is 13.7 Å². The van der Waals surface area contributed by atoms with Crippen LogP contribution in [0.15, 0.2) is 36.4 Å². The zero-order valence-electron chi connectivity index (χ0n) is 16.7. The molecule has 0 spiro atoms. The molecule has 28 heavy (non-hydrogen) atoms. The Morgan fingerprint density at radius 3 is 2.75 bits per heavy atom. The summed E-state index contributed by atoms with van der Waals surface area (Å²) in [7, 11) is 1.63. The highest BCUT2D eigenvalue weighted by Crippen LogP contribution is 2.39. The van der Waals surface area contributed by atoms with Crippen LogP contribution in [0.2, 0.25) is 5.02 Å². The van der Waals surface area contributed by atoms with Crippen molar-refractivity contribution in [2.24, 2.45) is 0 Å². The van der Waals surface area contributed by atoms with Gasteiger partial charge in [0, 0.05) is 23.0 Å². The normalized spacial score (nSPS) is 16.0. The summed E-state index contributed by atoms with van der Waals surface area (Å²) in [6.07, 6.45) is 0.433. The maximum atomic E-state index is 12.0. The highest BCUT2D eigenvalue weighted by Gasteiger charge is 2.24. The number of halogens is 1. The first-order chi connectivity index (χ1) is 13.3. The summed E-state index contributed by atoms with van der Waals surface area (Å²) in [5.74, 6) is 1.74. The number of amides is 1. The van der Waals surface area contributed by atoms with Gasteiger partial charge in [0.25, 0.3) is 0 Å². The predicted molar refractivity (Wildman–Crippen MR) is 111 cm³/mol. The molecule has 0 unspecified atom stereocenters. The second-order valence-corrected chi connectivity index (χ2v) is 8.22. The SMILES string of the molecule is COc1ccc(Cl)c(-c2ccc3c(c2)OCC[C@H]3CNC(=O)OC(C)(C)C)c1. The quantitative estimate of drug-likeness (QED) is 0.741. The zero-order valence-corrected chi connectivity index (χ0v) is 17.4. The van der Waals surface area contributed by atoms with Crippen LogP contribution in [0.4, 0.5) is 4.79 Å². The molecular formula is C22H26ClNO4. The van der Waals surface area contributed by atoms with Crippen LogP contribution in [-0.4, -0.2) is 32.0 Å². The maximum Gasteiger partial charge on any atom is 0.407 e. The molecule has 0 bridgehead atoms. The van der Waals surface area contributed by atoms with Crippen molar-refractivity contribution in [2.45, 2.75) is 38.7 Å². The minimum atomic E-state index is -0.511. The molecule has 3 rings (SSSR count). The van der Waals surface area contributed by atoms with Crippen LogP contribution in [0.25, 0.3) is 11.1 Å². The van der Waals surface area contributed by atoms with Crippen molar-refractivity contribution < 1.29 is 19.0 Å². The van der Waals surface area contributed by atoms with E-state index in [0.29, 0.717) is 18.2 Å². The number of nitrogens with one attached hydrogen (secondary N) is 1. The molecule has 0 aliphatic carbocycles. The minimum absolute atomic E-state index is 0.172. The molecule has 150 valence electrons. The van der Waals surface area contributed by atoms with Crippen molar-refractivity contribution in [2.75, 3.05) is 20.3 Å². The van der Waals surface area contributed by atoms with Crippen LogP contribution >= 0.6 is 11.6 Å². The molecule has 1 amide bonds. The lowest BCUT2D eigenvalue weighted by atomic mass is 9.91. The fourth-order valence-electron chi connectivity index (χ4n) is 3.22. The van der Waals surface area contributed by atoms with Crippen molar-refractivity contribution in [3.8, 4) is 22.6 Å². The number of carbonyl (C=O) groups excluding carboxylic acids is 1. The van der Waals surface area contributed by atoms with E-state index in [1.165, 1.54) is 0 Å².